The number of fused-ring (bicyclic) bond motifs is 1. The van der Waals surface area contributed by atoms with Crippen molar-refractivity contribution < 1.29 is 19.1 Å². The minimum absolute atomic E-state index is 0.00395. The highest BCUT2D eigenvalue weighted by Crippen LogP contribution is 2.29. The maximum Gasteiger partial charge on any atom is 0.338 e. The zero-order valence-corrected chi connectivity index (χ0v) is 16.2. The standard InChI is InChI=1S/C22H24N2O4/c1-3-4-13-28-22(27)16-5-8-19(9-6-16)23-21(26)18-7-10-20-17(14-18)11-12-24(20)15(2)25/h5-10,14H,3-4,11-13H2,1-2H3,(H,23,26). The number of ether oxygens (including phenoxy) is 1. The van der Waals surface area contributed by atoms with Crippen LogP contribution in [-0.2, 0) is 16.0 Å². The molecule has 146 valence electrons. The van der Waals surface area contributed by atoms with Crippen LogP contribution in [0.5, 0.6) is 0 Å². The number of anilines is 2. The molecular weight excluding hydrogens is 356 g/mol. The van der Waals surface area contributed by atoms with Gasteiger partial charge in [0.25, 0.3) is 5.91 Å². The number of nitrogens with zero attached hydrogens (tertiary/aromatic N) is 1. The van der Waals surface area contributed by atoms with Gasteiger partial charge in [-0.15, -0.1) is 0 Å². The normalized spacial score (nSPS) is 12.4. The molecule has 2 aromatic rings. The number of carbonyl (C=O) groups excluding carboxylic acids is 3. The molecule has 0 saturated heterocycles. The number of rotatable bonds is 6. The highest BCUT2D eigenvalue weighted by Gasteiger charge is 2.23. The van der Waals surface area contributed by atoms with Gasteiger partial charge in [0.2, 0.25) is 5.91 Å². The Morgan fingerprint density at radius 2 is 1.79 bits per heavy atom. The lowest BCUT2D eigenvalue weighted by atomic mass is 10.1. The summed E-state index contributed by atoms with van der Waals surface area (Å²) in [6, 6.07) is 12.0. The highest BCUT2D eigenvalue weighted by atomic mass is 16.5. The van der Waals surface area contributed by atoms with E-state index in [4.69, 9.17) is 4.74 Å². The van der Waals surface area contributed by atoms with E-state index >= 15 is 0 Å². The second-order valence-corrected chi connectivity index (χ2v) is 6.79. The maximum atomic E-state index is 12.5. The second kappa shape index (κ2) is 8.69. The molecule has 6 nitrogen and oxygen atoms in total. The average molecular weight is 380 g/mol. The van der Waals surface area contributed by atoms with Crippen molar-refractivity contribution in [3.8, 4) is 0 Å². The van der Waals surface area contributed by atoms with E-state index in [1.54, 1.807) is 42.2 Å². The van der Waals surface area contributed by atoms with Crippen molar-refractivity contribution in [2.45, 2.75) is 33.1 Å². The van der Waals surface area contributed by atoms with E-state index in [0.29, 0.717) is 30.0 Å². The molecule has 0 bridgehead atoms. The van der Waals surface area contributed by atoms with Gasteiger partial charge in [-0.05, 0) is 60.9 Å². The van der Waals surface area contributed by atoms with Crippen LogP contribution in [0.15, 0.2) is 42.5 Å². The molecule has 1 N–H and O–H groups in total. The van der Waals surface area contributed by atoms with E-state index in [2.05, 4.69) is 5.32 Å². The molecule has 3 rings (SSSR count). The molecule has 0 spiro atoms. The summed E-state index contributed by atoms with van der Waals surface area (Å²) in [5, 5.41) is 2.83. The molecule has 0 aromatic heterocycles. The van der Waals surface area contributed by atoms with Crippen LogP contribution in [0, 0.1) is 0 Å². The first-order valence-corrected chi connectivity index (χ1v) is 9.49. The van der Waals surface area contributed by atoms with E-state index in [1.165, 1.54) is 0 Å². The topological polar surface area (TPSA) is 75.7 Å². The Morgan fingerprint density at radius 1 is 1.07 bits per heavy atom. The van der Waals surface area contributed by atoms with Crippen molar-refractivity contribution in [1.29, 1.82) is 0 Å². The van der Waals surface area contributed by atoms with Gasteiger partial charge in [-0.2, -0.15) is 0 Å². The van der Waals surface area contributed by atoms with Crippen LogP contribution in [0.3, 0.4) is 0 Å². The lowest BCUT2D eigenvalue weighted by Gasteiger charge is -2.14. The van der Waals surface area contributed by atoms with Crippen LogP contribution in [0.2, 0.25) is 0 Å². The minimum Gasteiger partial charge on any atom is -0.462 e. The van der Waals surface area contributed by atoms with Gasteiger partial charge in [0.05, 0.1) is 12.2 Å². The summed E-state index contributed by atoms with van der Waals surface area (Å²) in [5.41, 5.74) is 3.45. The smallest absolute Gasteiger partial charge is 0.338 e. The lowest BCUT2D eigenvalue weighted by Crippen LogP contribution is -2.25. The molecular formula is C22H24N2O4. The van der Waals surface area contributed by atoms with Crippen LogP contribution < -0.4 is 10.2 Å². The summed E-state index contributed by atoms with van der Waals surface area (Å²) in [6.45, 7) is 4.63. The highest BCUT2D eigenvalue weighted by molar-refractivity contribution is 6.05. The lowest BCUT2D eigenvalue weighted by molar-refractivity contribution is -0.116. The van der Waals surface area contributed by atoms with Crippen molar-refractivity contribution in [1.82, 2.24) is 0 Å². The zero-order chi connectivity index (χ0) is 20.1. The van der Waals surface area contributed by atoms with E-state index in [-0.39, 0.29) is 17.8 Å². The molecule has 1 aliphatic rings. The summed E-state index contributed by atoms with van der Waals surface area (Å²) in [4.78, 5) is 37.8. The van der Waals surface area contributed by atoms with Crippen molar-refractivity contribution in [3.05, 3.63) is 59.2 Å². The SMILES string of the molecule is CCCCOC(=O)c1ccc(NC(=O)c2ccc3c(c2)CCN3C(C)=O)cc1. The first-order chi connectivity index (χ1) is 13.5. The monoisotopic (exact) mass is 380 g/mol. The Balaban J connectivity index is 1.64. The van der Waals surface area contributed by atoms with Gasteiger partial charge in [0.15, 0.2) is 0 Å². The van der Waals surface area contributed by atoms with Gasteiger partial charge in [-0.3, -0.25) is 9.59 Å². The number of esters is 1. The number of amides is 2. The first-order valence-electron chi connectivity index (χ1n) is 9.49. The minimum atomic E-state index is -0.361. The fraction of sp³-hybridized carbons (Fsp3) is 0.318. The largest absolute Gasteiger partial charge is 0.462 e. The summed E-state index contributed by atoms with van der Waals surface area (Å²) < 4.78 is 5.17. The fourth-order valence-corrected chi connectivity index (χ4v) is 3.16. The number of unbranched alkanes of at least 4 members (excludes halogenated alkanes) is 1. The number of nitrogens with one attached hydrogen (secondary N) is 1. The Labute approximate surface area is 164 Å². The molecule has 0 unspecified atom stereocenters. The van der Waals surface area contributed by atoms with E-state index < -0.39 is 0 Å². The van der Waals surface area contributed by atoms with E-state index in [0.717, 1.165) is 30.5 Å². The Bertz CT molecular complexity index is 890. The Kier molecular flexibility index (Phi) is 6.09. The van der Waals surface area contributed by atoms with Crippen LogP contribution in [0.1, 0.15) is 53.0 Å². The molecule has 6 heteroatoms. The molecule has 0 radical (unpaired) electrons. The third-order valence-corrected chi connectivity index (χ3v) is 4.73. The summed E-state index contributed by atoms with van der Waals surface area (Å²) in [6.07, 6.45) is 2.55. The van der Waals surface area contributed by atoms with Crippen LogP contribution in [-0.4, -0.2) is 30.9 Å². The van der Waals surface area contributed by atoms with Crippen LogP contribution >= 0.6 is 0 Å². The quantitative estimate of drug-likeness (QED) is 0.611. The number of hydrogen-bond donors (Lipinski definition) is 1. The van der Waals surface area contributed by atoms with Gasteiger partial charge >= 0.3 is 5.97 Å². The Morgan fingerprint density at radius 3 is 2.46 bits per heavy atom. The molecule has 2 amide bonds. The van der Waals surface area contributed by atoms with Crippen LogP contribution in [0.4, 0.5) is 11.4 Å². The van der Waals surface area contributed by atoms with Gasteiger partial charge in [0, 0.05) is 30.4 Å². The fourth-order valence-electron chi connectivity index (χ4n) is 3.16. The van der Waals surface area contributed by atoms with Gasteiger partial charge in [0.1, 0.15) is 0 Å². The van der Waals surface area contributed by atoms with Crippen molar-refractivity contribution in [2.75, 3.05) is 23.4 Å². The second-order valence-electron chi connectivity index (χ2n) is 6.79. The number of benzene rings is 2. The first kappa shape index (κ1) is 19.6. The van der Waals surface area contributed by atoms with Gasteiger partial charge in [-0.1, -0.05) is 13.3 Å². The van der Waals surface area contributed by atoms with Gasteiger partial charge in [-0.25, -0.2) is 4.79 Å². The van der Waals surface area contributed by atoms with Gasteiger partial charge < -0.3 is 15.0 Å². The third kappa shape index (κ3) is 4.39. The van der Waals surface area contributed by atoms with Crippen molar-refractivity contribution in [3.63, 3.8) is 0 Å². The summed E-state index contributed by atoms with van der Waals surface area (Å²) in [5.74, 6) is -0.591. The molecule has 28 heavy (non-hydrogen) atoms. The molecule has 0 fully saturated rings. The Hall–Kier alpha value is -3.15. The molecule has 0 saturated carbocycles. The van der Waals surface area contributed by atoms with Crippen LogP contribution in [0.25, 0.3) is 0 Å². The van der Waals surface area contributed by atoms with E-state index in [1.807, 2.05) is 19.1 Å². The molecule has 1 heterocycles. The predicted molar refractivity (Wildman–Crippen MR) is 108 cm³/mol. The molecule has 0 atom stereocenters. The zero-order valence-electron chi connectivity index (χ0n) is 16.2. The molecule has 2 aromatic carbocycles. The summed E-state index contributed by atoms with van der Waals surface area (Å²) in [7, 11) is 0. The van der Waals surface area contributed by atoms with Crippen molar-refractivity contribution in [2.24, 2.45) is 0 Å². The average Bonchev–Trinajstić information content (AvgIpc) is 3.12. The molecule has 1 aliphatic heterocycles. The maximum absolute atomic E-state index is 12.5. The van der Waals surface area contributed by atoms with E-state index in [9.17, 15) is 14.4 Å². The van der Waals surface area contributed by atoms with Crippen molar-refractivity contribution >= 4 is 29.2 Å². The number of hydrogen-bond acceptors (Lipinski definition) is 4. The third-order valence-electron chi connectivity index (χ3n) is 4.73. The predicted octanol–water partition coefficient (Wildman–Crippen LogP) is 3.80. The summed E-state index contributed by atoms with van der Waals surface area (Å²) >= 11 is 0. The number of carbonyl (C=O) groups is 3. The molecule has 0 aliphatic carbocycles.